The van der Waals surface area contributed by atoms with Gasteiger partial charge >= 0.3 is 0 Å². The van der Waals surface area contributed by atoms with E-state index in [2.05, 4.69) is 15.9 Å². The number of aromatic hydroxyl groups is 1. The van der Waals surface area contributed by atoms with Gasteiger partial charge in [0.05, 0.1) is 4.47 Å². The molecule has 0 spiro atoms. The summed E-state index contributed by atoms with van der Waals surface area (Å²) in [6.07, 6.45) is 0. The van der Waals surface area contributed by atoms with Gasteiger partial charge < -0.3 is 10.8 Å². The molecule has 0 atom stereocenters. The zero-order chi connectivity index (χ0) is 10.2. The summed E-state index contributed by atoms with van der Waals surface area (Å²) in [5.41, 5.74) is 7.89. The van der Waals surface area contributed by atoms with Crippen LogP contribution in [0.1, 0.15) is 16.7 Å². The molecule has 0 aliphatic carbocycles. The quantitative estimate of drug-likeness (QED) is 0.819. The van der Waals surface area contributed by atoms with Crippen LogP contribution in [0.15, 0.2) is 4.47 Å². The Labute approximate surface area is 90.8 Å². The number of halogens is 2. The standard InChI is InChI=1S/C9H11BrClNO/c1-4-6(3-12)9(13)7(10)5(2)8(4)11/h13H,3,12H2,1-2H3. The molecule has 4 heteroatoms. The van der Waals surface area contributed by atoms with E-state index in [4.69, 9.17) is 17.3 Å². The molecule has 0 bridgehead atoms. The third-order valence-corrected chi connectivity index (χ3v) is 3.68. The molecule has 2 nitrogen and oxygen atoms in total. The van der Waals surface area contributed by atoms with Gasteiger partial charge in [-0.25, -0.2) is 0 Å². The van der Waals surface area contributed by atoms with Crippen molar-refractivity contribution < 1.29 is 5.11 Å². The summed E-state index contributed by atoms with van der Waals surface area (Å²) in [4.78, 5) is 0. The van der Waals surface area contributed by atoms with Crippen molar-refractivity contribution in [2.75, 3.05) is 0 Å². The number of hydrogen-bond donors (Lipinski definition) is 2. The summed E-state index contributed by atoms with van der Waals surface area (Å²) < 4.78 is 0.628. The minimum Gasteiger partial charge on any atom is -0.506 e. The predicted octanol–water partition coefficient (Wildman–Crippen LogP) is 2.88. The van der Waals surface area contributed by atoms with Crippen molar-refractivity contribution in [3.63, 3.8) is 0 Å². The van der Waals surface area contributed by atoms with Crippen LogP contribution in [0.4, 0.5) is 0 Å². The van der Waals surface area contributed by atoms with Crippen LogP contribution in [0.2, 0.25) is 5.02 Å². The average Bonchev–Trinajstić information content (AvgIpc) is 2.13. The molecule has 72 valence electrons. The Morgan fingerprint density at radius 2 is 1.92 bits per heavy atom. The SMILES string of the molecule is Cc1c(Cl)c(C)c(CN)c(O)c1Br. The highest BCUT2D eigenvalue weighted by atomic mass is 79.9. The van der Waals surface area contributed by atoms with Crippen LogP contribution in [-0.2, 0) is 6.54 Å². The van der Waals surface area contributed by atoms with Crippen molar-refractivity contribution in [3.8, 4) is 5.75 Å². The van der Waals surface area contributed by atoms with E-state index in [1.54, 1.807) is 0 Å². The van der Waals surface area contributed by atoms with Gasteiger partial charge in [-0.1, -0.05) is 11.6 Å². The number of benzene rings is 1. The minimum absolute atomic E-state index is 0.196. The first-order chi connectivity index (χ1) is 6.00. The van der Waals surface area contributed by atoms with Crippen LogP contribution in [0.25, 0.3) is 0 Å². The molecule has 0 radical (unpaired) electrons. The van der Waals surface area contributed by atoms with Crippen molar-refractivity contribution in [3.05, 3.63) is 26.2 Å². The third kappa shape index (κ3) is 1.68. The van der Waals surface area contributed by atoms with Gasteiger partial charge in [0.15, 0.2) is 0 Å². The van der Waals surface area contributed by atoms with Crippen molar-refractivity contribution in [2.45, 2.75) is 20.4 Å². The maximum Gasteiger partial charge on any atom is 0.134 e. The molecule has 0 amide bonds. The summed E-state index contributed by atoms with van der Waals surface area (Å²) >= 11 is 9.31. The molecule has 1 rings (SSSR count). The maximum atomic E-state index is 9.70. The molecule has 0 aliphatic rings. The lowest BCUT2D eigenvalue weighted by molar-refractivity contribution is 0.463. The van der Waals surface area contributed by atoms with E-state index in [-0.39, 0.29) is 12.3 Å². The molecule has 0 unspecified atom stereocenters. The normalized spacial score (nSPS) is 10.5. The summed E-state index contributed by atoms with van der Waals surface area (Å²) in [7, 11) is 0. The Kier molecular flexibility index (Phi) is 3.22. The first kappa shape index (κ1) is 10.8. The number of hydrogen-bond acceptors (Lipinski definition) is 2. The van der Waals surface area contributed by atoms with Crippen molar-refractivity contribution >= 4 is 27.5 Å². The molecule has 1 aromatic carbocycles. The number of phenols is 1. The van der Waals surface area contributed by atoms with Crippen LogP contribution in [-0.4, -0.2) is 5.11 Å². The van der Waals surface area contributed by atoms with Gasteiger partial charge in [0.25, 0.3) is 0 Å². The highest BCUT2D eigenvalue weighted by Gasteiger charge is 2.14. The zero-order valence-corrected chi connectivity index (χ0v) is 9.83. The Hall–Kier alpha value is -0.250. The van der Waals surface area contributed by atoms with Gasteiger partial charge in [-0.3, -0.25) is 0 Å². The van der Waals surface area contributed by atoms with Gasteiger partial charge in [-0.05, 0) is 40.9 Å². The molecule has 0 saturated heterocycles. The summed E-state index contributed by atoms with van der Waals surface area (Å²) in [6.45, 7) is 3.99. The Morgan fingerprint density at radius 3 is 2.38 bits per heavy atom. The summed E-state index contributed by atoms with van der Waals surface area (Å²) in [6, 6.07) is 0. The molecule has 0 fully saturated rings. The molecule has 0 aromatic heterocycles. The predicted molar refractivity (Wildman–Crippen MR) is 58.2 cm³/mol. The van der Waals surface area contributed by atoms with Crippen molar-refractivity contribution in [2.24, 2.45) is 5.73 Å². The van der Waals surface area contributed by atoms with Crippen LogP contribution in [0, 0.1) is 13.8 Å². The number of nitrogens with two attached hydrogens (primary N) is 1. The van der Waals surface area contributed by atoms with Gasteiger partial charge in [-0.2, -0.15) is 0 Å². The second-order valence-corrected chi connectivity index (χ2v) is 4.08. The fraction of sp³-hybridized carbons (Fsp3) is 0.333. The Morgan fingerprint density at radius 1 is 1.38 bits per heavy atom. The summed E-state index contributed by atoms with van der Waals surface area (Å²) in [5, 5.41) is 10.4. The Bertz CT molecular complexity index is 323. The summed E-state index contributed by atoms with van der Waals surface area (Å²) in [5.74, 6) is 0.196. The van der Waals surface area contributed by atoms with Crippen LogP contribution in [0.3, 0.4) is 0 Å². The maximum absolute atomic E-state index is 9.70. The van der Waals surface area contributed by atoms with Crippen LogP contribution < -0.4 is 5.73 Å². The second kappa shape index (κ2) is 3.86. The lowest BCUT2D eigenvalue weighted by atomic mass is 10.0. The van der Waals surface area contributed by atoms with Crippen LogP contribution in [0.5, 0.6) is 5.75 Å². The van der Waals surface area contributed by atoms with Crippen LogP contribution >= 0.6 is 27.5 Å². The lowest BCUT2D eigenvalue weighted by Crippen LogP contribution is -2.02. The number of phenolic OH excluding ortho intramolecular Hbond substituents is 1. The highest BCUT2D eigenvalue weighted by Crippen LogP contribution is 2.38. The van der Waals surface area contributed by atoms with E-state index in [1.807, 2.05) is 13.8 Å². The first-order valence-electron chi connectivity index (χ1n) is 3.86. The highest BCUT2D eigenvalue weighted by molar-refractivity contribution is 9.10. The van der Waals surface area contributed by atoms with E-state index < -0.39 is 0 Å². The van der Waals surface area contributed by atoms with Gasteiger partial charge in [0.2, 0.25) is 0 Å². The largest absolute Gasteiger partial charge is 0.506 e. The molecule has 1 aromatic rings. The fourth-order valence-electron chi connectivity index (χ4n) is 1.25. The van der Waals surface area contributed by atoms with Crippen molar-refractivity contribution in [1.29, 1.82) is 0 Å². The molecule has 0 saturated carbocycles. The van der Waals surface area contributed by atoms with E-state index in [9.17, 15) is 5.11 Å². The molecule has 0 aliphatic heterocycles. The van der Waals surface area contributed by atoms with Gasteiger partial charge in [-0.15, -0.1) is 0 Å². The van der Waals surface area contributed by atoms with E-state index >= 15 is 0 Å². The minimum atomic E-state index is 0.196. The first-order valence-corrected chi connectivity index (χ1v) is 5.03. The van der Waals surface area contributed by atoms with E-state index in [0.29, 0.717) is 15.1 Å². The van der Waals surface area contributed by atoms with E-state index in [0.717, 1.165) is 11.1 Å². The molecule has 3 N–H and O–H groups in total. The van der Waals surface area contributed by atoms with Crippen molar-refractivity contribution in [1.82, 2.24) is 0 Å². The fourth-order valence-corrected chi connectivity index (χ4v) is 2.01. The smallest absolute Gasteiger partial charge is 0.134 e. The Balaban J connectivity index is 3.56. The molecular formula is C9H11BrClNO. The second-order valence-electron chi connectivity index (χ2n) is 2.91. The monoisotopic (exact) mass is 263 g/mol. The lowest BCUT2D eigenvalue weighted by Gasteiger charge is -2.13. The zero-order valence-electron chi connectivity index (χ0n) is 7.49. The third-order valence-electron chi connectivity index (χ3n) is 2.14. The molecule has 0 heterocycles. The van der Waals surface area contributed by atoms with Gasteiger partial charge in [0.1, 0.15) is 5.75 Å². The number of rotatable bonds is 1. The van der Waals surface area contributed by atoms with E-state index in [1.165, 1.54) is 0 Å². The molecular weight excluding hydrogens is 253 g/mol. The van der Waals surface area contributed by atoms with Gasteiger partial charge in [0, 0.05) is 17.1 Å². The topological polar surface area (TPSA) is 46.2 Å². The average molecular weight is 265 g/mol. The molecule has 13 heavy (non-hydrogen) atoms.